The smallest absolute Gasteiger partial charge is 0.109 e. The highest BCUT2D eigenvalue weighted by atomic mass is 32.1. The maximum absolute atomic E-state index is 10.3. The van der Waals surface area contributed by atoms with Gasteiger partial charge in [0, 0.05) is 9.58 Å². The minimum Gasteiger partial charge on any atom is -0.383 e. The molecule has 0 saturated heterocycles. The van der Waals surface area contributed by atoms with Crippen molar-refractivity contribution in [1.82, 2.24) is 0 Å². The molecule has 1 aliphatic carbocycles. The lowest BCUT2D eigenvalue weighted by molar-refractivity contribution is 0.216. The van der Waals surface area contributed by atoms with Crippen LogP contribution in [-0.2, 0) is 0 Å². The summed E-state index contributed by atoms with van der Waals surface area (Å²) in [5.74, 6) is 0. The first-order chi connectivity index (χ1) is 7.84. The van der Waals surface area contributed by atoms with Crippen LogP contribution < -0.4 is 0 Å². The Labute approximate surface area is 99.0 Å². The van der Waals surface area contributed by atoms with Gasteiger partial charge in [0.15, 0.2) is 0 Å². The first-order valence-corrected chi connectivity index (χ1v) is 6.52. The molecular weight excluding hydrogens is 216 g/mol. The van der Waals surface area contributed by atoms with Crippen molar-refractivity contribution >= 4 is 21.4 Å². The first-order valence-electron chi connectivity index (χ1n) is 5.70. The number of rotatable bonds is 2. The number of allylic oxidation sites excluding steroid dienone is 1. The van der Waals surface area contributed by atoms with Gasteiger partial charge in [0.25, 0.3) is 0 Å². The molecule has 82 valence electrons. The van der Waals surface area contributed by atoms with E-state index in [9.17, 15) is 5.11 Å². The van der Waals surface area contributed by atoms with Crippen molar-refractivity contribution in [3.8, 4) is 0 Å². The van der Waals surface area contributed by atoms with Gasteiger partial charge in [-0.15, -0.1) is 11.3 Å². The van der Waals surface area contributed by atoms with E-state index < -0.39 is 0 Å². The molecule has 0 radical (unpaired) electrons. The quantitative estimate of drug-likeness (QED) is 0.772. The van der Waals surface area contributed by atoms with Gasteiger partial charge in [-0.05, 0) is 42.4 Å². The molecule has 2 aromatic rings. The van der Waals surface area contributed by atoms with Crippen LogP contribution in [0.5, 0.6) is 0 Å². The number of aliphatic hydroxyl groups is 1. The van der Waals surface area contributed by atoms with Gasteiger partial charge in [0.2, 0.25) is 0 Å². The summed E-state index contributed by atoms with van der Waals surface area (Å²) < 4.78 is 1.26. The van der Waals surface area contributed by atoms with Gasteiger partial charge in [-0.2, -0.15) is 0 Å². The zero-order valence-corrected chi connectivity index (χ0v) is 9.83. The van der Waals surface area contributed by atoms with Gasteiger partial charge in [-0.25, -0.2) is 0 Å². The third-order valence-corrected chi connectivity index (χ3v) is 4.31. The Hall–Kier alpha value is -1.12. The summed E-state index contributed by atoms with van der Waals surface area (Å²) in [4.78, 5) is 1.08. The molecule has 1 aromatic heterocycles. The highest BCUT2D eigenvalue weighted by Gasteiger charge is 2.18. The van der Waals surface area contributed by atoms with E-state index in [-0.39, 0.29) is 6.10 Å². The van der Waals surface area contributed by atoms with Crippen LogP contribution in [0.25, 0.3) is 10.1 Å². The number of thiophene rings is 1. The lowest BCUT2D eigenvalue weighted by Crippen LogP contribution is -1.96. The molecule has 0 spiro atoms. The van der Waals surface area contributed by atoms with E-state index >= 15 is 0 Å². The maximum Gasteiger partial charge on any atom is 0.109 e. The molecule has 1 N–H and O–H groups in total. The van der Waals surface area contributed by atoms with E-state index in [4.69, 9.17) is 0 Å². The normalized spacial score (nSPS) is 17.7. The van der Waals surface area contributed by atoms with E-state index in [2.05, 4.69) is 24.3 Å². The van der Waals surface area contributed by atoms with Crippen molar-refractivity contribution in [2.24, 2.45) is 0 Å². The molecule has 0 saturated carbocycles. The summed E-state index contributed by atoms with van der Waals surface area (Å²) in [5, 5.41) is 11.5. The monoisotopic (exact) mass is 230 g/mol. The highest BCUT2D eigenvalue weighted by molar-refractivity contribution is 7.19. The second-order valence-corrected chi connectivity index (χ2v) is 5.38. The standard InChI is InChI=1S/C14H14OS/c15-14(10-5-1-2-6-10)13-9-11-7-3-4-8-12(11)16-13/h3-5,7-9,14-15H,1-2,6H2. The average molecular weight is 230 g/mol. The third-order valence-electron chi connectivity index (χ3n) is 3.14. The van der Waals surface area contributed by atoms with Crippen molar-refractivity contribution in [1.29, 1.82) is 0 Å². The Kier molecular flexibility index (Phi) is 2.54. The van der Waals surface area contributed by atoms with Crippen LogP contribution in [0.4, 0.5) is 0 Å². The molecule has 1 unspecified atom stereocenters. The molecule has 0 amide bonds. The molecule has 0 bridgehead atoms. The Morgan fingerprint density at radius 3 is 2.88 bits per heavy atom. The van der Waals surface area contributed by atoms with E-state index in [0.29, 0.717) is 0 Å². The van der Waals surface area contributed by atoms with Crippen LogP contribution in [0, 0.1) is 0 Å². The first kappa shape index (κ1) is 10.1. The van der Waals surface area contributed by atoms with Gasteiger partial charge in [-0.3, -0.25) is 0 Å². The minimum absolute atomic E-state index is 0.375. The van der Waals surface area contributed by atoms with E-state index in [1.807, 2.05) is 12.1 Å². The largest absolute Gasteiger partial charge is 0.383 e. The Morgan fingerprint density at radius 1 is 1.25 bits per heavy atom. The second kappa shape index (κ2) is 4.04. The fraction of sp³-hybridized carbons (Fsp3) is 0.286. The molecule has 1 nitrogen and oxygen atoms in total. The average Bonchev–Trinajstić information content (AvgIpc) is 2.97. The predicted molar refractivity (Wildman–Crippen MR) is 68.7 cm³/mol. The van der Waals surface area contributed by atoms with Gasteiger partial charge in [-0.1, -0.05) is 24.3 Å². The number of hydrogen-bond donors (Lipinski definition) is 1. The zero-order chi connectivity index (χ0) is 11.0. The van der Waals surface area contributed by atoms with Gasteiger partial charge in [0.1, 0.15) is 6.10 Å². The molecule has 16 heavy (non-hydrogen) atoms. The van der Waals surface area contributed by atoms with Crippen LogP contribution in [0.1, 0.15) is 30.2 Å². The van der Waals surface area contributed by atoms with Crippen molar-refractivity contribution in [3.05, 3.63) is 46.9 Å². The van der Waals surface area contributed by atoms with E-state index in [0.717, 1.165) is 17.7 Å². The molecule has 1 aliphatic rings. The van der Waals surface area contributed by atoms with E-state index in [1.165, 1.54) is 22.1 Å². The fourth-order valence-electron chi connectivity index (χ4n) is 2.26. The lowest BCUT2D eigenvalue weighted by atomic mass is 10.1. The van der Waals surface area contributed by atoms with Gasteiger partial charge < -0.3 is 5.11 Å². The summed E-state index contributed by atoms with van der Waals surface area (Å²) in [7, 11) is 0. The van der Waals surface area contributed by atoms with Crippen LogP contribution in [0.3, 0.4) is 0 Å². The molecule has 3 rings (SSSR count). The number of fused-ring (bicyclic) bond motifs is 1. The lowest BCUT2D eigenvalue weighted by Gasteiger charge is -2.08. The van der Waals surface area contributed by atoms with Crippen LogP contribution in [0.2, 0.25) is 0 Å². The van der Waals surface area contributed by atoms with Crippen molar-refractivity contribution < 1.29 is 5.11 Å². The molecular formula is C14H14OS. The van der Waals surface area contributed by atoms with Crippen molar-refractivity contribution in [2.45, 2.75) is 25.4 Å². The van der Waals surface area contributed by atoms with Gasteiger partial charge in [0.05, 0.1) is 0 Å². The summed E-state index contributed by atoms with van der Waals surface area (Å²) in [6, 6.07) is 10.4. The SMILES string of the molecule is OC(C1=CCCC1)c1cc2ccccc2s1. The Morgan fingerprint density at radius 2 is 2.12 bits per heavy atom. The summed E-state index contributed by atoms with van der Waals surface area (Å²) >= 11 is 1.70. The Balaban J connectivity index is 1.99. The molecule has 1 atom stereocenters. The second-order valence-electron chi connectivity index (χ2n) is 4.26. The Bertz CT molecular complexity index is 505. The number of aliphatic hydroxyl groups excluding tert-OH is 1. The zero-order valence-electron chi connectivity index (χ0n) is 9.02. The molecule has 0 fully saturated rings. The van der Waals surface area contributed by atoms with Crippen molar-refractivity contribution in [2.75, 3.05) is 0 Å². The summed E-state index contributed by atoms with van der Waals surface area (Å²) in [6.07, 6.45) is 5.18. The van der Waals surface area contributed by atoms with Gasteiger partial charge >= 0.3 is 0 Å². The summed E-state index contributed by atoms with van der Waals surface area (Å²) in [5.41, 5.74) is 1.20. The topological polar surface area (TPSA) is 20.2 Å². The maximum atomic E-state index is 10.3. The van der Waals surface area contributed by atoms with E-state index in [1.54, 1.807) is 11.3 Å². The summed E-state index contributed by atoms with van der Waals surface area (Å²) in [6.45, 7) is 0. The highest BCUT2D eigenvalue weighted by Crippen LogP contribution is 2.36. The van der Waals surface area contributed by atoms with Crippen LogP contribution >= 0.6 is 11.3 Å². The van der Waals surface area contributed by atoms with Crippen LogP contribution in [-0.4, -0.2) is 5.11 Å². The van der Waals surface area contributed by atoms with Crippen molar-refractivity contribution in [3.63, 3.8) is 0 Å². The third kappa shape index (κ3) is 1.68. The minimum atomic E-state index is -0.375. The number of benzene rings is 1. The molecule has 1 aromatic carbocycles. The van der Waals surface area contributed by atoms with Crippen LogP contribution in [0.15, 0.2) is 42.0 Å². The predicted octanol–water partition coefficient (Wildman–Crippen LogP) is 4.05. The number of hydrogen-bond acceptors (Lipinski definition) is 2. The molecule has 1 heterocycles. The molecule has 2 heteroatoms. The fourth-order valence-corrected chi connectivity index (χ4v) is 3.36. The molecule has 0 aliphatic heterocycles.